The molecular formula is C11H16F2N2O. The van der Waals surface area contributed by atoms with Crippen LogP contribution in [0.1, 0.15) is 11.7 Å². The predicted molar refractivity (Wildman–Crippen MR) is 59.3 cm³/mol. The number of alkyl halides is 2. The van der Waals surface area contributed by atoms with Crippen molar-refractivity contribution >= 4 is 5.69 Å². The van der Waals surface area contributed by atoms with E-state index in [-0.39, 0.29) is 13.1 Å². The second kappa shape index (κ2) is 5.77. The number of hydrogen-bond acceptors (Lipinski definition) is 3. The van der Waals surface area contributed by atoms with E-state index in [0.717, 1.165) is 0 Å². The summed E-state index contributed by atoms with van der Waals surface area (Å²) in [6.07, 6.45) is -3.16. The van der Waals surface area contributed by atoms with Gasteiger partial charge in [-0.3, -0.25) is 4.90 Å². The fourth-order valence-electron chi connectivity index (χ4n) is 1.43. The van der Waals surface area contributed by atoms with E-state index in [0.29, 0.717) is 11.3 Å². The average Bonchev–Trinajstić information content (AvgIpc) is 2.16. The zero-order chi connectivity index (χ0) is 12.1. The number of aliphatic hydroxyl groups excluding tert-OH is 1. The second-order valence-corrected chi connectivity index (χ2v) is 3.79. The Hall–Kier alpha value is -1.20. The van der Waals surface area contributed by atoms with Crippen LogP contribution in [0.25, 0.3) is 0 Å². The molecule has 0 aliphatic rings. The molecule has 0 amide bonds. The molecule has 0 radical (unpaired) electrons. The van der Waals surface area contributed by atoms with Crippen LogP contribution in [0.4, 0.5) is 14.5 Å². The molecule has 1 aromatic rings. The quantitative estimate of drug-likeness (QED) is 0.754. The third-order valence-corrected chi connectivity index (χ3v) is 2.26. The Kier molecular flexibility index (Phi) is 4.64. The lowest BCUT2D eigenvalue weighted by molar-refractivity contribution is 0.0680. The molecule has 0 saturated heterocycles. The van der Waals surface area contributed by atoms with Gasteiger partial charge in [-0.25, -0.2) is 8.78 Å². The normalized spacial score (nSPS) is 13.4. The summed E-state index contributed by atoms with van der Waals surface area (Å²) in [7, 11) is 1.55. The Morgan fingerprint density at radius 1 is 1.25 bits per heavy atom. The molecule has 1 aromatic carbocycles. The van der Waals surface area contributed by atoms with E-state index >= 15 is 0 Å². The van der Waals surface area contributed by atoms with Gasteiger partial charge in [-0.1, -0.05) is 12.1 Å². The van der Waals surface area contributed by atoms with Crippen LogP contribution in [-0.2, 0) is 0 Å². The summed E-state index contributed by atoms with van der Waals surface area (Å²) in [5.74, 6) is 0. The number of likely N-dealkylation sites (N-methyl/N-ethyl adjacent to an activating group) is 1. The summed E-state index contributed by atoms with van der Waals surface area (Å²) < 4.78 is 24.1. The fraction of sp³-hybridized carbons (Fsp3) is 0.455. The maximum Gasteiger partial charge on any atom is 0.251 e. The molecule has 5 heteroatoms. The van der Waals surface area contributed by atoms with Gasteiger partial charge < -0.3 is 10.8 Å². The van der Waals surface area contributed by atoms with Crippen LogP contribution < -0.4 is 5.73 Å². The third-order valence-electron chi connectivity index (χ3n) is 2.26. The topological polar surface area (TPSA) is 49.5 Å². The molecule has 3 nitrogen and oxygen atoms in total. The summed E-state index contributed by atoms with van der Waals surface area (Å²) in [4.78, 5) is 1.39. The van der Waals surface area contributed by atoms with E-state index in [4.69, 9.17) is 5.73 Å². The molecule has 16 heavy (non-hydrogen) atoms. The smallest absolute Gasteiger partial charge is 0.251 e. The minimum atomic E-state index is -2.39. The summed E-state index contributed by atoms with van der Waals surface area (Å²) >= 11 is 0. The number of nitrogens with two attached hydrogens (primary N) is 1. The summed E-state index contributed by atoms with van der Waals surface area (Å²) in [6, 6.07) is 6.73. The Morgan fingerprint density at radius 3 is 2.31 bits per heavy atom. The van der Waals surface area contributed by atoms with Gasteiger partial charge in [0.15, 0.2) is 0 Å². The van der Waals surface area contributed by atoms with Crippen molar-refractivity contribution in [2.45, 2.75) is 12.5 Å². The Balaban J connectivity index is 2.51. The fourth-order valence-corrected chi connectivity index (χ4v) is 1.43. The molecule has 0 aliphatic heterocycles. The number of halogens is 2. The number of anilines is 1. The van der Waals surface area contributed by atoms with Crippen molar-refractivity contribution in [3.63, 3.8) is 0 Å². The van der Waals surface area contributed by atoms with E-state index in [9.17, 15) is 13.9 Å². The van der Waals surface area contributed by atoms with Crippen molar-refractivity contribution < 1.29 is 13.9 Å². The Labute approximate surface area is 93.5 Å². The Bertz CT molecular complexity index is 316. The molecule has 0 saturated carbocycles. The molecule has 0 aliphatic carbocycles. The number of aliphatic hydroxyl groups is 1. The van der Waals surface area contributed by atoms with Crippen molar-refractivity contribution in [3.05, 3.63) is 29.8 Å². The number of hydrogen-bond donors (Lipinski definition) is 2. The van der Waals surface area contributed by atoms with E-state index in [2.05, 4.69) is 0 Å². The molecule has 0 fully saturated rings. The highest BCUT2D eigenvalue weighted by Crippen LogP contribution is 2.15. The van der Waals surface area contributed by atoms with Crippen LogP contribution in [0, 0.1) is 0 Å². The van der Waals surface area contributed by atoms with Crippen molar-refractivity contribution in [3.8, 4) is 0 Å². The first-order valence-electron chi connectivity index (χ1n) is 4.99. The summed E-state index contributed by atoms with van der Waals surface area (Å²) in [5, 5.41) is 9.77. The lowest BCUT2D eigenvalue weighted by Gasteiger charge is -2.20. The van der Waals surface area contributed by atoms with E-state index in [1.807, 2.05) is 0 Å². The molecule has 90 valence electrons. The van der Waals surface area contributed by atoms with Gasteiger partial charge >= 0.3 is 0 Å². The van der Waals surface area contributed by atoms with Crippen molar-refractivity contribution in [1.82, 2.24) is 4.90 Å². The van der Waals surface area contributed by atoms with Crippen LogP contribution in [0.5, 0.6) is 0 Å². The highest BCUT2D eigenvalue weighted by molar-refractivity contribution is 5.39. The third kappa shape index (κ3) is 4.12. The first-order chi connectivity index (χ1) is 7.49. The van der Waals surface area contributed by atoms with Crippen molar-refractivity contribution in [2.24, 2.45) is 0 Å². The van der Waals surface area contributed by atoms with Gasteiger partial charge in [0.1, 0.15) is 0 Å². The van der Waals surface area contributed by atoms with Crippen LogP contribution in [0.2, 0.25) is 0 Å². The SMILES string of the molecule is CN(CC(F)F)CC(O)c1ccc(N)cc1. The number of rotatable bonds is 5. The molecule has 3 N–H and O–H groups in total. The lowest BCUT2D eigenvalue weighted by Crippen LogP contribution is -2.29. The zero-order valence-electron chi connectivity index (χ0n) is 9.11. The first kappa shape index (κ1) is 12.9. The summed E-state index contributed by atoms with van der Waals surface area (Å²) in [5.41, 5.74) is 6.79. The molecule has 1 unspecified atom stereocenters. The van der Waals surface area contributed by atoms with Gasteiger partial charge in [-0.15, -0.1) is 0 Å². The summed E-state index contributed by atoms with van der Waals surface area (Å²) in [6.45, 7) is -0.166. The minimum absolute atomic E-state index is 0.175. The van der Waals surface area contributed by atoms with Crippen LogP contribution in [0.15, 0.2) is 24.3 Å². The van der Waals surface area contributed by atoms with Crippen molar-refractivity contribution in [2.75, 3.05) is 25.9 Å². The monoisotopic (exact) mass is 230 g/mol. The highest BCUT2D eigenvalue weighted by Gasteiger charge is 2.13. The van der Waals surface area contributed by atoms with E-state index < -0.39 is 12.5 Å². The van der Waals surface area contributed by atoms with Gasteiger partial charge in [-0.2, -0.15) is 0 Å². The minimum Gasteiger partial charge on any atom is -0.399 e. The van der Waals surface area contributed by atoms with Gasteiger partial charge in [0.2, 0.25) is 0 Å². The van der Waals surface area contributed by atoms with Crippen LogP contribution >= 0.6 is 0 Å². The maximum atomic E-state index is 12.1. The van der Waals surface area contributed by atoms with Gasteiger partial charge in [0.25, 0.3) is 6.43 Å². The van der Waals surface area contributed by atoms with Gasteiger partial charge in [0.05, 0.1) is 12.6 Å². The second-order valence-electron chi connectivity index (χ2n) is 3.79. The highest BCUT2D eigenvalue weighted by atomic mass is 19.3. The molecule has 0 heterocycles. The van der Waals surface area contributed by atoms with E-state index in [1.165, 1.54) is 4.90 Å². The van der Waals surface area contributed by atoms with Crippen LogP contribution in [0.3, 0.4) is 0 Å². The number of nitrogen functional groups attached to an aromatic ring is 1. The molecule has 0 aromatic heterocycles. The number of nitrogens with zero attached hydrogens (tertiary/aromatic N) is 1. The maximum absolute atomic E-state index is 12.1. The number of benzene rings is 1. The zero-order valence-corrected chi connectivity index (χ0v) is 9.11. The van der Waals surface area contributed by atoms with Crippen molar-refractivity contribution in [1.29, 1.82) is 0 Å². The molecule has 0 bridgehead atoms. The largest absolute Gasteiger partial charge is 0.399 e. The first-order valence-corrected chi connectivity index (χ1v) is 4.99. The van der Waals surface area contributed by atoms with Crippen LogP contribution in [-0.4, -0.2) is 36.6 Å². The average molecular weight is 230 g/mol. The van der Waals surface area contributed by atoms with E-state index in [1.54, 1.807) is 31.3 Å². The molecule has 0 spiro atoms. The lowest BCUT2D eigenvalue weighted by atomic mass is 10.1. The van der Waals surface area contributed by atoms with Gasteiger partial charge in [-0.05, 0) is 24.7 Å². The standard InChI is InChI=1S/C11H16F2N2O/c1-15(7-11(12)13)6-10(16)8-2-4-9(14)5-3-8/h2-5,10-11,16H,6-7,14H2,1H3. The predicted octanol–water partition coefficient (Wildman–Crippen LogP) is 1.50. The molecular weight excluding hydrogens is 214 g/mol. The van der Waals surface area contributed by atoms with Gasteiger partial charge in [0, 0.05) is 12.2 Å². The Morgan fingerprint density at radius 2 is 1.81 bits per heavy atom. The molecule has 1 atom stereocenters. The molecule has 1 rings (SSSR count).